The van der Waals surface area contributed by atoms with Crippen molar-refractivity contribution in [3.8, 4) is 0 Å². The first-order valence-corrected chi connectivity index (χ1v) is 10.9. The van der Waals surface area contributed by atoms with E-state index in [-0.39, 0.29) is 0 Å². The lowest BCUT2D eigenvalue weighted by molar-refractivity contribution is 1.13. The monoisotopic (exact) mass is 276 g/mol. The molecule has 0 N–H and O–H groups in total. The second-order valence-electron chi connectivity index (χ2n) is 2.03. The van der Waals surface area contributed by atoms with Crippen molar-refractivity contribution in [1.82, 2.24) is 0 Å². The molecular weight excluding hydrogens is 264 g/mol. The Hall–Kier alpha value is 2.10. The molecule has 0 aromatic carbocycles. The highest BCUT2D eigenvalue weighted by Gasteiger charge is 1.97. The van der Waals surface area contributed by atoms with Crippen LogP contribution in [0.25, 0.3) is 0 Å². The van der Waals surface area contributed by atoms with Gasteiger partial charge in [0, 0.05) is 26.8 Å². The summed E-state index contributed by atoms with van der Waals surface area (Å²) in [6.45, 7) is 0. The van der Waals surface area contributed by atoms with Gasteiger partial charge in [-0.3, -0.25) is 0 Å². The molecule has 12 heavy (non-hydrogen) atoms. The highest BCUT2D eigenvalue weighted by Crippen LogP contribution is 2.39. The zero-order chi connectivity index (χ0) is 8.49. The fourth-order valence-corrected chi connectivity index (χ4v) is 8.69. The number of hydrogen-bond donors (Lipinski definition) is 0. The van der Waals surface area contributed by atoms with Crippen molar-refractivity contribution in [2.75, 3.05) is 26.8 Å². The standard InChI is InChI=1S/2C3H6S3/c1-4-2-6-3-5-1;1-2-4-6-5-3-1/h2*1-3H2. The van der Waals surface area contributed by atoms with Gasteiger partial charge < -0.3 is 0 Å². The summed E-state index contributed by atoms with van der Waals surface area (Å²) in [4.78, 5) is 0. The Morgan fingerprint density at radius 2 is 1.17 bits per heavy atom. The van der Waals surface area contributed by atoms with Gasteiger partial charge in [-0.15, -0.1) is 35.3 Å². The van der Waals surface area contributed by atoms with Crippen molar-refractivity contribution in [2.24, 2.45) is 0 Å². The van der Waals surface area contributed by atoms with Crippen LogP contribution in [-0.4, -0.2) is 26.8 Å². The third kappa shape index (κ3) is 7.50. The van der Waals surface area contributed by atoms with Gasteiger partial charge in [0.25, 0.3) is 0 Å². The van der Waals surface area contributed by atoms with Gasteiger partial charge in [-0.05, 0) is 16.2 Å². The predicted octanol–water partition coefficient (Wildman–Crippen LogP) is 4.49. The van der Waals surface area contributed by atoms with Crippen molar-refractivity contribution in [3.63, 3.8) is 0 Å². The molecule has 0 amide bonds. The van der Waals surface area contributed by atoms with Gasteiger partial charge in [0.15, 0.2) is 0 Å². The minimum Gasteiger partial charge on any atom is -0.140 e. The minimum absolute atomic E-state index is 1.31. The SMILES string of the molecule is C1CSSSC1.C1SCSCS1. The van der Waals surface area contributed by atoms with Crippen molar-refractivity contribution in [1.29, 1.82) is 0 Å². The first kappa shape index (κ1) is 12.2. The molecule has 2 heterocycles. The molecule has 2 fully saturated rings. The van der Waals surface area contributed by atoms with Crippen LogP contribution in [0.1, 0.15) is 6.42 Å². The maximum Gasteiger partial charge on any atom is 0.0408 e. The normalized spacial score (nSPS) is 24.0. The lowest BCUT2D eigenvalue weighted by Crippen LogP contribution is -1.82. The molecule has 2 rings (SSSR count). The summed E-state index contributed by atoms with van der Waals surface area (Å²) in [6.07, 6.45) is 1.41. The highest BCUT2D eigenvalue weighted by molar-refractivity contribution is 9.09. The van der Waals surface area contributed by atoms with Gasteiger partial charge in [0.05, 0.1) is 0 Å². The van der Waals surface area contributed by atoms with E-state index in [0.29, 0.717) is 0 Å². The fraction of sp³-hybridized carbons (Fsp3) is 1.00. The number of thioether (sulfide) groups is 3. The zero-order valence-electron chi connectivity index (χ0n) is 6.69. The van der Waals surface area contributed by atoms with Crippen LogP contribution in [-0.2, 0) is 0 Å². The third-order valence-corrected chi connectivity index (χ3v) is 9.46. The van der Waals surface area contributed by atoms with Crippen LogP contribution in [0.2, 0.25) is 0 Å². The molecule has 0 aromatic rings. The Kier molecular flexibility index (Phi) is 9.78. The number of rotatable bonds is 0. The largest absolute Gasteiger partial charge is 0.140 e. The molecule has 0 spiro atoms. The van der Waals surface area contributed by atoms with E-state index >= 15 is 0 Å². The van der Waals surface area contributed by atoms with Crippen LogP contribution in [0.4, 0.5) is 0 Å². The van der Waals surface area contributed by atoms with Gasteiger partial charge >= 0.3 is 0 Å². The second kappa shape index (κ2) is 9.65. The van der Waals surface area contributed by atoms with Crippen LogP contribution in [0.5, 0.6) is 0 Å². The second-order valence-corrected chi connectivity index (χ2v) is 10.6. The molecule has 6 heteroatoms. The Morgan fingerprint density at radius 3 is 1.33 bits per heavy atom. The first-order valence-electron chi connectivity index (χ1n) is 3.64. The minimum atomic E-state index is 1.31. The molecule has 0 nitrogen and oxygen atoms in total. The van der Waals surface area contributed by atoms with Crippen molar-refractivity contribution >= 4 is 66.7 Å². The summed E-state index contributed by atoms with van der Waals surface area (Å²) in [6, 6.07) is 0. The molecular formula is C6H12S6. The molecule has 0 bridgehead atoms. The first-order chi connectivity index (χ1) is 6.00. The van der Waals surface area contributed by atoms with Crippen LogP contribution in [0, 0.1) is 0 Å². The third-order valence-electron chi connectivity index (χ3n) is 1.05. The summed E-state index contributed by atoms with van der Waals surface area (Å²) >= 11 is 6.06. The fourth-order valence-electron chi connectivity index (χ4n) is 0.558. The summed E-state index contributed by atoms with van der Waals surface area (Å²) < 4.78 is 0. The van der Waals surface area contributed by atoms with E-state index in [1.54, 1.807) is 0 Å². The van der Waals surface area contributed by atoms with Gasteiger partial charge in [-0.1, -0.05) is 21.6 Å². The van der Waals surface area contributed by atoms with E-state index in [9.17, 15) is 0 Å². The Morgan fingerprint density at radius 1 is 0.667 bits per heavy atom. The van der Waals surface area contributed by atoms with Gasteiger partial charge in [0.1, 0.15) is 0 Å². The summed E-state index contributed by atoms with van der Waals surface area (Å²) in [5.74, 6) is 2.72. The van der Waals surface area contributed by atoms with Gasteiger partial charge in [-0.25, -0.2) is 0 Å². The van der Waals surface area contributed by atoms with E-state index in [2.05, 4.69) is 0 Å². The maximum absolute atomic E-state index is 2.02. The molecule has 72 valence electrons. The Balaban J connectivity index is 0.000000120. The topological polar surface area (TPSA) is 0 Å². The van der Waals surface area contributed by atoms with Crippen LogP contribution < -0.4 is 0 Å². The van der Waals surface area contributed by atoms with E-state index in [1.807, 2.05) is 66.7 Å². The molecule has 2 saturated heterocycles. The molecule has 0 saturated carbocycles. The van der Waals surface area contributed by atoms with Crippen LogP contribution >= 0.6 is 66.7 Å². The lowest BCUT2D eigenvalue weighted by Gasteiger charge is -2.05. The maximum atomic E-state index is 2.02. The summed E-state index contributed by atoms with van der Waals surface area (Å²) in [5, 5.41) is 3.94. The van der Waals surface area contributed by atoms with Gasteiger partial charge in [0.2, 0.25) is 0 Å². The van der Waals surface area contributed by atoms with E-state index in [4.69, 9.17) is 0 Å². The predicted molar refractivity (Wildman–Crippen MR) is 74.5 cm³/mol. The molecule has 0 radical (unpaired) electrons. The number of hydrogen-bond acceptors (Lipinski definition) is 6. The molecule has 0 aliphatic carbocycles. The smallest absolute Gasteiger partial charge is 0.0408 e. The Labute approximate surface area is 99.1 Å². The van der Waals surface area contributed by atoms with Crippen molar-refractivity contribution in [2.45, 2.75) is 6.42 Å². The molecule has 2 aliphatic rings. The average Bonchev–Trinajstić information content (AvgIpc) is 2.24. The lowest BCUT2D eigenvalue weighted by atomic mass is 10.6. The van der Waals surface area contributed by atoms with E-state index < -0.39 is 0 Å². The van der Waals surface area contributed by atoms with Crippen LogP contribution in [0.3, 0.4) is 0 Å². The molecule has 0 aromatic heterocycles. The van der Waals surface area contributed by atoms with Gasteiger partial charge in [-0.2, -0.15) is 0 Å². The van der Waals surface area contributed by atoms with E-state index in [1.165, 1.54) is 33.2 Å². The van der Waals surface area contributed by atoms with E-state index in [0.717, 1.165) is 0 Å². The summed E-state index contributed by atoms with van der Waals surface area (Å²) in [5.41, 5.74) is 0. The highest BCUT2D eigenvalue weighted by atomic mass is 33.5. The summed E-state index contributed by atoms with van der Waals surface area (Å²) in [7, 11) is 5.88. The van der Waals surface area contributed by atoms with Crippen molar-refractivity contribution < 1.29 is 0 Å². The average molecular weight is 277 g/mol. The van der Waals surface area contributed by atoms with Crippen molar-refractivity contribution in [3.05, 3.63) is 0 Å². The Bertz CT molecular complexity index is 55.0. The molecule has 0 unspecified atom stereocenters. The molecule has 0 atom stereocenters. The molecule has 2 aliphatic heterocycles. The zero-order valence-corrected chi connectivity index (χ0v) is 11.6. The van der Waals surface area contributed by atoms with Crippen LogP contribution in [0.15, 0.2) is 0 Å². The quantitative estimate of drug-likeness (QED) is 0.594.